The predicted octanol–water partition coefficient (Wildman–Crippen LogP) is 6.82. The van der Waals surface area contributed by atoms with E-state index in [9.17, 15) is 9.59 Å². The maximum absolute atomic E-state index is 14.6. The number of carbonyl (C=O) groups excluding carboxylic acids is 2. The zero-order valence-electron chi connectivity index (χ0n) is 23.9. The molecule has 0 bridgehead atoms. The standard InChI is InChI=1S/C34H31N5O2S2/c1-23-30(38-18-19-42-34(38)36-23)32(40)35-21-28(20-25-12-6-3-7-13-25)39(22-26-14-8-4-9-15-26)33(41)29-31(43-24(2)37-29)27-16-10-5-11-17-27/h3-19,28H,20-22H2,1-2H3,(H,35,40)/t28-/m1/s1. The minimum atomic E-state index is -0.351. The van der Waals surface area contributed by atoms with Crippen molar-refractivity contribution >= 4 is 39.4 Å². The Hall–Kier alpha value is -4.60. The normalized spacial score (nSPS) is 11.9. The van der Waals surface area contributed by atoms with Gasteiger partial charge in [-0.2, -0.15) is 0 Å². The number of fused-ring (bicyclic) bond motifs is 1. The molecule has 1 N–H and O–H groups in total. The van der Waals surface area contributed by atoms with Gasteiger partial charge in [0.15, 0.2) is 4.96 Å². The first kappa shape index (κ1) is 28.5. The molecule has 3 aromatic carbocycles. The van der Waals surface area contributed by atoms with E-state index in [2.05, 4.69) is 22.4 Å². The van der Waals surface area contributed by atoms with E-state index in [4.69, 9.17) is 4.98 Å². The maximum Gasteiger partial charge on any atom is 0.274 e. The highest BCUT2D eigenvalue weighted by Crippen LogP contribution is 2.32. The summed E-state index contributed by atoms with van der Waals surface area (Å²) in [6.45, 7) is 4.40. The maximum atomic E-state index is 14.6. The molecule has 0 aliphatic rings. The highest BCUT2D eigenvalue weighted by molar-refractivity contribution is 7.15. The van der Waals surface area contributed by atoms with Crippen molar-refractivity contribution in [2.75, 3.05) is 6.54 Å². The van der Waals surface area contributed by atoms with Crippen LogP contribution in [-0.4, -0.2) is 43.7 Å². The minimum absolute atomic E-state index is 0.164. The van der Waals surface area contributed by atoms with Crippen LogP contribution < -0.4 is 5.32 Å². The summed E-state index contributed by atoms with van der Waals surface area (Å²) in [7, 11) is 0. The van der Waals surface area contributed by atoms with Crippen LogP contribution in [0.25, 0.3) is 15.4 Å². The Labute approximate surface area is 258 Å². The van der Waals surface area contributed by atoms with E-state index in [1.54, 1.807) is 0 Å². The predicted molar refractivity (Wildman–Crippen MR) is 173 cm³/mol. The number of imidazole rings is 1. The first-order valence-corrected chi connectivity index (χ1v) is 15.8. The number of hydrogen-bond acceptors (Lipinski definition) is 6. The largest absolute Gasteiger partial charge is 0.349 e. The summed E-state index contributed by atoms with van der Waals surface area (Å²) in [5, 5.41) is 5.88. The van der Waals surface area contributed by atoms with Crippen LogP contribution in [0.2, 0.25) is 0 Å². The molecule has 1 atom stereocenters. The molecule has 0 fully saturated rings. The second-order valence-electron chi connectivity index (χ2n) is 10.4. The molecule has 6 aromatic rings. The summed E-state index contributed by atoms with van der Waals surface area (Å²) in [6.07, 6.45) is 2.42. The Bertz CT molecular complexity index is 1850. The van der Waals surface area contributed by atoms with Gasteiger partial charge in [0.05, 0.1) is 21.6 Å². The van der Waals surface area contributed by atoms with Crippen LogP contribution in [-0.2, 0) is 13.0 Å². The van der Waals surface area contributed by atoms with Crippen LogP contribution in [0.1, 0.15) is 42.8 Å². The fraction of sp³-hybridized carbons (Fsp3) is 0.176. The van der Waals surface area contributed by atoms with E-state index >= 15 is 0 Å². The van der Waals surface area contributed by atoms with Crippen LogP contribution in [0, 0.1) is 13.8 Å². The fourth-order valence-corrected chi connectivity index (χ4v) is 6.96. The molecule has 7 nitrogen and oxygen atoms in total. The van der Waals surface area contributed by atoms with Gasteiger partial charge in [-0.1, -0.05) is 91.0 Å². The fourth-order valence-electron chi connectivity index (χ4n) is 5.28. The van der Waals surface area contributed by atoms with Gasteiger partial charge in [-0.05, 0) is 37.0 Å². The molecule has 0 aliphatic heterocycles. The summed E-state index contributed by atoms with van der Waals surface area (Å²) in [5.74, 6) is -0.383. The smallest absolute Gasteiger partial charge is 0.274 e. The lowest BCUT2D eigenvalue weighted by Crippen LogP contribution is -2.48. The van der Waals surface area contributed by atoms with Gasteiger partial charge in [0, 0.05) is 24.7 Å². The number of benzene rings is 3. The van der Waals surface area contributed by atoms with E-state index < -0.39 is 0 Å². The van der Waals surface area contributed by atoms with Crippen molar-refractivity contribution in [2.45, 2.75) is 32.9 Å². The van der Waals surface area contributed by atoms with Gasteiger partial charge in [-0.25, -0.2) is 9.97 Å². The van der Waals surface area contributed by atoms with Crippen LogP contribution in [0.3, 0.4) is 0 Å². The summed E-state index contributed by atoms with van der Waals surface area (Å²) in [4.78, 5) is 40.9. The van der Waals surface area contributed by atoms with Gasteiger partial charge >= 0.3 is 0 Å². The summed E-state index contributed by atoms with van der Waals surface area (Å²) in [6, 6.07) is 29.6. The quantitative estimate of drug-likeness (QED) is 0.186. The highest BCUT2D eigenvalue weighted by atomic mass is 32.1. The first-order valence-electron chi connectivity index (χ1n) is 14.1. The third kappa shape index (κ3) is 6.28. The van der Waals surface area contributed by atoms with Crippen LogP contribution in [0.15, 0.2) is 103 Å². The van der Waals surface area contributed by atoms with Crippen molar-refractivity contribution in [3.63, 3.8) is 0 Å². The van der Waals surface area contributed by atoms with Crippen molar-refractivity contribution in [2.24, 2.45) is 0 Å². The van der Waals surface area contributed by atoms with E-state index in [-0.39, 0.29) is 24.4 Å². The monoisotopic (exact) mass is 605 g/mol. The van der Waals surface area contributed by atoms with Crippen LogP contribution >= 0.6 is 22.7 Å². The second-order valence-corrected chi connectivity index (χ2v) is 12.4. The molecule has 3 aromatic heterocycles. The number of nitrogens with one attached hydrogen (secondary N) is 1. The SMILES string of the molecule is Cc1nc(C(=O)N(Cc2ccccc2)[C@@H](CNC(=O)c2c(C)nc3sccn23)Cc2ccccc2)c(-c2ccccc2)s1. The minimum Gasteiger partial charge on any atom is -0.349 e. The summed E-state index contributed by atoms with van der Waals surface area (Å²) < 4.78 is 1.82. The first-order chi connectivity index (χ1) is 21.0. The molecular formula is C34H31N5O2S2. The molecule has 216 valence electrons. The lowest BCUT2D eigenvalue weighted by molar-refractivity contribution is 0.0642. The van der Waals surface area contributed by atoms with Crippen LogP contribution in [0.4, 0.5) is 0 Å². The summed E-state index contributed by atoms with van der Waals surface area (Å²) in [5.41, 5.74) is 4.65. The number of rotatable bonds is 10. The Morgan fingerprint density at radius 2 is 1.53 bits per heavy atom. The average Bonchev–Trinajstić information content (AvgIpc) is 3.73. The lowest BCUT2D eigenvalue weighted by Gasteiger charge is -2.32. The van der Waals surface area contributed by atoms with Crippen molar-refractivity contribution in [3.8, 4) is 10.4 Å². The van der Waals surface area contributed by atoms with Crippen molar-refractivity contribution in [1.82, 2.24) is 24.6 Å². The number of thiazole rings is 2. The molecule has 9 heteroatoms. The Balaban J connectivity index is 1.38. The number of nitrogens with zero attached hydrogens (tertiary/aromatic N) is 4. The van der Waals surface area contributed by atoms with Crippen molar-refractivity contribution in [3.05, 3.63) is 136 Å². The lowest BCUT2D eigenvalue weighted by atomic mass is 10.0. The molecule has 2 amide bonds. The molecule has 43 heavy (non-hydrogen) atoms. The second kappa shape index (κ2) is 12.7. The summed E-state index contributed by atoms with van der Waals surface area (Å²) >= 11 is 3.01. The van der Waals surface area contributed by atoms with Gasteiger partial charge in [-0.15, -0.1) is 22.7 Å². The molecule has 0 spiro atoms. The molecule has 6 rings (SSSR count). The van der Waals surface area contributed by atoms with E-state index in [0.29, 0.717) is 30.0 Å². The molecule has 0 saturated carbocycles. The zero-order chi connectivity index (χ0) is 29.8. The van der Waals surface area contributed by atoms with Gasteiger partial charge in [0.2, 0.25) is 0 Å². The van der Waals surface area contributed by atoms with E-state index in [1.807, 2.05) is 114 Å². The molecule has 0 aliphatic carbocycles. The molecule has 0 radical (unpaired) electrons. The van der Waals surface area contributed by atoms with E-state index in [0.717, 1.165) is 31.5 Å². The van der Waals surface area contributed by atoms with Gasteiger partial charge in [0.1, 0.15) is 11.4 Å². The molecule has 0 saturated heterocycles. The number of carbonyl (C=O) groups is 2. The third-order valence-corrected chi connectivity index (χ3v) is 9.11. The van der Waals surface area contributed by atoms with Crippen molar-refractivity contribution in [1.29, 1.82) is 0 Å². The average molecular weight is 606 g/mol. The van der Waals surface area contributed by atoms with E-state index in [1.165, 1.54) is 22.7 Å². The third-order valence-electron chi connectivity index (χ3n) is 7.33. The Morgan fingerprint density at radius 1 is 0.884 bits per heavy atom. The highest BCUT2D eigenvalue weighted by Gasteiger charge is 2.30. The van der Waals surface area contributed by atoms with Crippen molar-refractivity contribution < 1.29 is 9.59 Å². The number of hydrogen-bond donors (Lipinski definition) is 1. The number of amides is 2. The van der Waals surface area contributed by atoms with Crippen LogP contribution in [0.5, 0.6) is 0 Å². The Kier molecular flexibility index (Phi) is 8.44. The van der Waals surface area contributed by atoms with Gasteiger partial charge in [-0.3, -0.25) is 14.0 Å². The molecule has 0 unspecified atom stereocenters. The zero-order valence-corrected chi connectivity index (χ0v) is 25.6. The molecule has 3 heterocycles. The number of aryl methyl sites for hydroxylation is 2. The number of aromatic nitrogens is 3. The van der Waals surface area contributed by atoms with Gasteiger partial charge in [0.25, 0.3) is 11.8 Å². The van der Waals surface area contributed by atoms with Gasteiger partial charge < -0.3 is 10.2 Å². The Morgan fingerprint density at radius 3 is 2.23 bits per heavy atom. The topological polar surface area (TPSA) is 79.6 Å². The molecular weight excluding hydrogens is 575 g/mol.